The lowest BCUT2D eigenvalue weighted by molar-refractivity contribution is 0.0997. The summed E-state index contributed by atoms with van der Waals surface area (Å²) in [6.45, 7) is 0. The molecule has 2 aromatic rings. The third-order valence-electron chi connectivity index (χ3n) is 2.24. The molecule has 0 spiro atoms. The van der Waals surface area contributed by atoms with E-state index >= 15 is 0 Å². The molecule has 0 saturated heterocycles. The van der Waals surface area contributed by atoms with Gasteiger partial charge in [-0.2, -0.15) is 0 Å². The molecule has 19 heavy (non-hydrogen) atoms. The number of carbonyl (C=O) groups is 1. The van der Waals surface area contributed by atoms with Crippen LogP contribution in [0.5, 0.6) is 0 Å². The van der Waals surface area contributed by atoms with Crippen LogP contribution in [0.3, 0.4) is 0 Å². The zero-order chi connectivity index (χ0) is 14.0. The first-order valence-electron chi connectivity index (χ1n) is 5.35. The molecule has 0 aliphatic rings. The Bertz CT molecular complexity index is 611. The van der Waals surface area contributed by atoms with E-state index in [0.29, 0.717) is 11.3 Å². The number of rotatable bonds is 4. The van der Waals surface area contributed by atoms with E-state index < -0.39 is 5.91 Å². The topological polar surface area (TPSA) is 98.1 Å². The Labute approximate surface area is 118 Å². The van der Waals surface area contributed by atoms with Crippen LogP contribution in [0.2, 0.25) is 0 Å². The maximum atomic E-state index is 11.4. The van der Waals surface area contributed by atoms with Crippen molar-refractivity contribution < 1.29 is 4.79 Å². The minimum absolute atomic E-state index is 0.395. The predicted octanol–water partition coefficient (Wildman–Crippen LogP) is 1.44. The molecule has 0 unspecified atom stereocenters. The van der Waals surface area contributed by atoms with Gasteiger partial charge >= 0.3 is 0 Å². The van der Waals surface area contributed by atoms with Crippen LogP contribution < -0.4 is 16.4 Å². The fraction of sp³-hybridized carbons (Fsp3) is 0.182. The van der Waals surface area contributed by atoms with Crippen LogP contribution in [0, 0.1) is 0 Å². The predicted molar refractivity (Wildman–Crippen MR) is 77.7 cm³/mol. The first-order chi connectivity index (χ1) is 8.97. The Kier molecular flexibility index (Phi) is 3.91. The molecule has 0 atom stereocenters. The van der Waals surface area contributed by atoms with E-state index in [2.05, 4.69) is 10.2 Å². The van der Waals surface area contributed by atoms with Crippen LogP contribution in [0.15, 0.2) is 27.4 Å². The summed E-state index contributed by atoms with van der Waals surface area (Å²) in [6, 6.07) is 5.05. The summed E-state index contributed by atoms with van der Waals surface area (Å²) >= 11 is 2.80. The van der Waals surface area contributed by atoms with Crippen molar-refractivity contribution in [1.29, 1.82) is 0 Å². The van der Waals surface area contributed by atoms with E-state index in [4.69, 9.17) is 11.5 Å². The molecule has 1 aromatic carbocycles. The third kappa shape index (κ3) is 3.15. The number of nitrogens with zero attached hydrogens (tertiary/aromatic N) is 3. The highest BCUT2D eigenvalue weighted by Crippen LogP contribution is 2.35. The Hall–Kier alpha value is -1.80. The number of hydrogen-bond donors (Lipinski definition) is 2. The number of aromatic nitrogens is 2. The average molecular weight is 295 g/mol. The number of anilines is 2. The third-order valence-corrected chi connectivity index (χ3v) is 4.46. The number of hydrogen-bond acceptors (Lipinski definition) is 7. The Morgan fingerprint density at radius 3 is 2.68 bits per heavy atom. The van der Waals surface area contributed by atoms with Crippen molar-refractivity contribution in [3.8, 4) is 0 Å². The number of amides is 1. The van der Waals surface area contributed by atoms with Crippen LogP contribution in [0.4, 0.5) is 10.8 Å². The van der Waals surface area contributed by atoms with Gasteiger partial charge in [-0.05, 0) is 18.2 Å². The molecule has 8 heteroatoms. The zero-order valence-electron chi connectivity index (χ0n) is 10.5. The maximum absolute atomic E-state index is 11.4. The zero-order valence-corrected chi connectivity index (χ0v) is 12.1. The first kappa shape index (κ1) is 13.6. The van der Waals surface area contributed by atoms with Crippen molar-refractivity contribution >= 4 is 39.8 Å². The smallest absolute Gasteiger partial charge is 0.249 e. The molecule has 2 rings (SSSR count). The van der Waals surface area contributed by atoms with Crippen molar-refractivity contribution in [3.05, 3.63) is 23.8 Å². The monoisotopic (exact) mass is 295 g/mol. The van der Waals surface area contributed by atoms with E-state index in [1.54, 1.807) is 18.2 Å². The van der Waals surface area contributed by atoms with E-state index in [0.717, 1.165) is 14.4 Å². The van der Waals surface area contributed by atoms with Gasteiger partial charge in [0.05, 0.1) is 5.56 Å². The molecule has 1 aromatic heterocycles. The molecule has 0 aliphatic heterocycles. The fourth-order valence-electron chi connectivity index (χ4n) is 1.35. The van der Waals surface area contributed by atoms with Gasteiger partial charge in [-0.25, -0.2) is 0 Å². The molecule has 0 fully saturated rings. The number of nitrogen functional groups attached to an aromatic ring is 1. The minimum Gasteiger partial charge on any atom is -0.399 e. The van der Waals surface area contributed by atoms with Crippen LogP contribution >= 0.6 is 23.1 Å². The Balaban J connectivity index is 2.29. The molecule has 0 aliphatic carbocycles. The van der Waals surface area contributed by atoms with Crippen molar-refractivity contribution in [1.82, 2.24) is 10.2 Å². The van der Waals surface area contributed by atoms with Gasteiger partial charge in [-0.15, -0.1) is 10.2 Å². The van der Waals surface area contributed by atoms with Crippen molar-refractivity contribution in [3.63, 3.8) is 0 Å². The van der Waals surface area contributed by atoms with Gasteiger partial charge in [0.2, 0.25) is 11.0 Å². The molecular weight excluding hydrogens is 282 g/mol. The number of benzene rings is 1. The summed E-state index contributed by atoms with van der Waals surface area (Å²) < 4.78 is 0.746. The summed E-state index contributed by atoms with van der Waals surface area (Å²) in [5, 5.41) is 8.90. The fourth-order valence-corrected chi connectivity index (χ4v) is 3.18. The van der Waals surface area contributed by atoms with Gasteiger partial charge in [-0.3, -0.25) is 4.79 Å². The van der Waals surface area contributed by atoms with Crippen LogP contribution in [-0.2, 0) is 0 Å². The lowest BCUT2D eigenvalue weighted by Crippen LogP contribution is -2.12. The SMILES string of the molecule is CN(C)c1nnc(Sc2ccc(N)cc2C(N)=O)s1. The summed E-state index contributed by atoms with van der Waals surface area (Å²) in [5.74, 6) is -0.507. The number of nitrogens with two attached hydrogens (primary N) is 2. The van der Waals surface area contributed by atoms with Gasteiger partial charge in [0.1, 0.15) is 0 Å². The lowest BCUT2D eigenvalue weighted by atomic mass is 10.2. The van der Waals surface area contributed by atoms with Gasteiger partial charge in [0.15, 0.2) is 4.34 Å². The Morgan fingerprint density at radius 1 is 1.37 bits per heavy atom. The lowest BCUT2D eigenvalue weighted by Gasteiger charge is -2.05. The first-order valence-corrected chi connectivity index (χ1v) is 6.98. The normalized spacial score (nSPS) is 10.4. The highest BCUT2D eigenvalue weighted by atomic mass is 32.2. The molecule has 0 saturated carbocycles. The molecule has 0 radical (unpaired) electrons. The molecule has 100 valence electrons. The van der Waals surface area contributed by atoms with Crippen molar-refractivity contribution in [2.45, 2.75) is 9.24 Å². The van der Waals surface area contributed by atoms with Gasteiger partial charge in [-0.1, -0.05) is 23.1 Å². The van der Waals surface area contributed by atoms with Gasteiger partial charge < -0.3 is 16.4 Å². The molecule has 6 nitrogen and oxygen atoms in total. The molecule has 1 amide bonds. The molecule has 4 N–H and O–H groups in total. The summed E-state index contributed by atoms with van der Waals surface area (Å²) in [5.41, 5.74) is 11.9. The standard InChI is InChI=1S/C11H13N5OS2/c1-16(2)10-14-15-11(19-10)18-8-4-3-6(12)5-7(8)9(13)17/h3-5H,12H2,1-2H3,(H2,13,17). The second-order valence-electron chi connectivity index (χ2n) is 3.97. The van der Waals surface area contributed by atoms with E-state index in [-0.39, 0.29) is 0 Å². The largest absolute Gasteiger partial charge is 0.399 e. The number of carbonyl (C=O) groups excluding carboxylic acids is 1. The van der Waals surface area contributed by atoms with Crippen LogP contribution in [0.1, 0.15) is 10.4 Å². The van der Waals surface area contributed by atoms with Crippen LogP contribution in [-0.4, -0.2) is 30.2 Å². The highest BCUT2D eigenvalue weighted by molar-refractivity contribution is 8.01. The summed E-state index contributed by atoms with van der Waals surface area (Å²) in [6.07, 6.45) is 0. The average Bonchev–Trinajstić information content (AvgIpc) is 2.80. The molecule has 0 bridgehead atoms. The van der Waals surface area contributed by atoms with E-state index in [1.165, 1.54) is 23.1 Å². The second kappa shape index (κ2) is 5.45. The second-order valence-corrected chi connectivity index (χ2v) is 6.21. The van der Waals surface area contributed by atoms with Gasteiger partial charge in [0.25, 0.3) is 0 Å². The maximum Gasteiger partial charge on any atom is 0.249 e. The highest BCUT2D eigenvalue weighted by Gasteiger charge is 2.13. The summed E-state index contributed by atoms with van der Waals surface area (Å²) in [4.78, 5) is 14.0. The quantitative estimate of drug-likeness (QED) is 0.828. The Morgan fingerprint density at radius 2 is 2.11 bits per heavy atom. The van der Waals surface area contributed by atoms with E-state index in [1.807, 2.05) is 19.0 Å². The van der Waals surface area contributed by atoms with Gasteiger partial charge in [0, 0.05) is 24.7 Å². The van der Waals surface area contributed by atoms with Crippen molar-refractivity contribution in [2.24, 2.45) is 5.73 Å². The van der Waals surface area contributed by atoms with E-state index in [9.17, 15) is 4.79 Å². The van der Waals surface area contributed by atoms with Crippen LogP contribution in [0.25, 0.3) is 0 Å². The molecule has 1 heterocycles. The molecular formula is C11H13N5OS2. The minimum atomic E-state index is -0.507. The summed E-state index contributed by atoms with van der Waals surface area (Å²) in [7, 11) is 3.79. The number of primary amides is 1. The van der Waals surface area contributed by atoms with Crippen molar-refractivity contribution in [2.75, 3.05) is 24.7 Å².